The molecule has 17 heavy (non-hydrogen) atoms. The zero-order valence-electron chi connectivity index (χ0n) is 9.51. The molecule has 0 bridgehead atoms. The van der Waals surface area contributed by atoms with E-state index in [9.17, 15) is 14.7 Å². The first-order valence-electron chi connectivity index (χ1n) is 5.50. The minimum absolute atomic E-state index is 0.169. The van der Waals surface area contributed by atoms with Crippen molar-refractivity contribution in [2.75, 3.05) is 0 Å². The minimum atomic E-state index is -0.432. The van der Waals surface area contributed by atoms with E-state index in [2.05, 4.69) is 0 Å². The maximum atomic E-state index is 12.0. The maximum Gasteiger partial charge on any atom is 0.265 e. The first-order chi connectivity index (χ1) is 8.20. The number of benzene rings is 1. The number of aromatic hydroxyl groups is 1. The number of fused-ring (bicyclic) bond motifs is 1. The predicted molar refractivity (Wildman–Crippen MR) is 65.6 cm³/mol. The summed E-state index contributed by atoms with van der Waals surface area (Å²) < 4.78 is 1.53. The van der Waals surface area contributed by atoms with Gasteiger partial charge in [-0.05, 0) is 18.6 Å². The summed E-state index contributed by atoms with van der Waals surface area (Å²) >= 11 is 0. The van der Waals surface area contributed by atoms with Crippen molar-refractivity contribution in [3.05, 3.63) is 40.2 Å². The molecule has 0 fully saturated rings. The van der Waals surface area contributed by atoms with Gasteiger partial charge in [0.05, 0.1) is 5.52 Å². The first-order valence-corrected chi connectivity index (χ1v) is 5.50. The van der Waals surface area contributed by atoms with Crippen molar-refractivity contribution >= 4 is 17.2 Å². The second-order valence-corrected chi connectivity index (χ2v) is 3.85. The molecule has 0 atom stereocenters. The topological polar surface area (TPSA) is 59.3 Å². The van der Waals surface area contributed by atoms with E-state index in [-0.39, 0.29) is 11.3 Å². The molecule has 1 heterocycles. The van der Waals surface area contributed by atoms with Crippen LogP contribution in [0.15, 0.2) is 29.1 Å². The molecule has 0 spiro atoms. The molecule has 0 aliphatic rings. The van der Waals surface area contributed by atoms with Gasteiger partial charge in [0.25, 0.3) is 5.56 Å². The molecule has 88 valence electrons. The summed E-state index contributed by atoms with van der Waals surface area (Å²) in [6.45, 7) is 2.48. The Labute approximate surface area is 98.1 Å². The summed E-state index contributed by atoms with van der Waals surface area (Å²) in [4.78, 5) is 22.9. The minimum Gasteiger partial charge on any atom is -0.506 e. The Balaban J connectivity index is 2.95. The Kier molecular flexibility index (Phi) is 2.95. The summed E-state index contributed by atoms with van der Waals surface area (Å²) in [5, 5.41) is 10.4. The van der Waals surface area contributed by atoms with Crippen LogP contribution in [0.1, 0.15) is 23.7 Å². The van der Waals surface area contributed by atoms with Gasteiger partial charge in [0, 0.05) is 11.9 Å². The summed E-state index contributed by atoms with van der Waals surface area (Å²) in [5.74, 6) is -0.229. The van der Waals surface area contributed by atoms with Crippen LogP contribution >= 0.6 is 0 Å². The zero-order chi connectivity index (χ0) is 12.4. The van der Waals surface area contributed by atoms with E-state index in [1.807, 2.05) is 6.92 Å². The fourth-order valence-corrected chi connectivity index (χ4v) is 1.96. The second-order valence-electron chi connectivity index (χ2n) is 3.85. The highest BCUT2D eigenvalue weighted by atomic mass is 16.3. The maximum absolute atomic E-state index is 12.0. The number of para-hydroxylation sites is 1. The number of pyridine rings is 1. The molecule has 4 nitrogen and oxygen atoms in total. The van der Waals surface area contributed by atoms with Gasteiger partial charge in [0.2, 0.25) is 0 Å². The van der Waals surface area contributed by atoms with E-state index in [0.717, 1.165) is 6.42 Å². The van der Waals surface area contributed by atoms with E-state index in [1.54, 1.807) is 24.3 Å². The number of hydrogen-bond acceptors (Lipinski definition) is 3. The quantitative estimate of drug-likeness (QED) is 0.821. The van der Waals surface area contributed by atoms with Crippen LogP contribution in [0, 0.1) is 0 Å². The highest BCUT2D eigenvalue weighted by Gasteiger charge is 2.14. The van der Waals surface area contributed by atoms with E-state index >= 15 is 0 Å². The van der Waals surface area contributed by atoms with E-state index in [0.29, 0.717) is 23.7 Å². The zero-order valence-corrected chi connectivity index (χ0v) is 9.51. The lowest BCUT2D eigenvalue weighted by atomic mass is 10.1. The lowest BCUT2D eigenvalue weighted by Crippen LogP contribution is -2.24. The van der Waals surface area contributed by atoms with Gasteiger partial charge in [0.15, 0.2) is 6.29 Å². The fourth-order valence-electron chi connectivity index (χ4n) is 1.96. The molecule has 0 aliphatic heterocycles. The van der Waals surface area contributed by atoms with Gasteiger partial charge in [-0.1, -0.05) is 19.1 Å². The molecule has 1 aromatic heterocycles. The Morgan fingerprint density at radius 3 is 2.71 bits per heavy atom. The monoisotopic (exact) mass is 231 g/mol. The Hall–Kier alpha value is -2.10. The molecule has 0 unspecified atom stereocenters. The number of rotatable bonds is 3. The average Bonchev–Trinajstić information content (AvgIpc) is 2.35. The van der Waals surface area contributed by atoms with Gasteiger partial charge in [0.1, 0.15) is 11.3 Å². The van der Waals surface area contributed by atoms with Crippen molar-refractivity contribution in [2.24, 2.45) is 0 Å². The highest BCUT2D eigenvalue weighted by Crippen LogP contribution is 2.25. The van der Waals surface area contributed by atoms with Crippen LogP contribution in [-0.4, -0.2) is 16.0 Å². The number of carbonyl (C=O) groups excluding carboxylic acids is 1. The number of carbonyl (C=O) groups is 1. The molecule has 1 aromatic carbocycles. The molecule has 4 heteroatoms. The van der Waals surface area contributed by atoms with Gasteiger partial charge in [-0.3, -0.25) is 9.59 Å². The summed E-state index contributed by atoms with van der Waals surface area (Å²) in [6.07, 6.45) is 1.20. The molecule has 0 amide bonds. The van der Waals surface area contributed by atoms with Crippen LogP contribution < -0.4 is 5.56 Å². The van der Waals surface area contributed by atoms with Crippen LogP contribution in [0.5, 0.6) is 5.75 Å². The van der Waals surface area contributed by atoms with Crippen LogP contribution in [0.25, 0.3) is 10.9 Å². The van der Waals surface area contributed by atoms with Crippen molar-refractivity contribution < 1.29 is 9.90 Å². The van der Waals surface area contributed by atoms with Crippen molar-refractivity contribution in [1.29, 1.82) is 0 Å². The molecule has 0 aliphatic carbocycles. The molecular weight excluding hydrogens is 218 g/mol. The number of aromatic nitrogens is 1. The van der Waals surface area contributed by atoms with Crippen molar-refractivity contribution in [3.8, 4) is 5.75 Å². The lowest BCUT2D eigenvalue weighted by molar-refractivity contribution is 0.111. The molecule has 2 rings (SSSR count). The predicted octanol–water partition coefficient (Wildman–Crippen LogP) is 1.93. The molecule has 0 saturated carbocycles. The number of nitrogens with zero attached hydrogens (tertiary/aromatic N) is 1. The smallest absolute Gasteiger partial charge is 0.265 e. The Morgan fingerprint density at radius 2 is 2.06 bits per heavy atom. The normalized spacial score (nSPS) is 10.6. The molecule has 0 saturated heterocycles. The van der Waals surface area contributed by atoms with Gasteiger partial charge >= 0.3 is 0 Å². The third-order valence-electron chi connectivity index (χ3n) is 2.75. The third-order valence-corrected chi connectivity index (χ3v) is 2.75. The Bertz CT molecular complexity index is 628. The van der Waals surface area contributed by atoms with E-state index in [4.69, 9.17) is 0 Å². The third kappa shape index (κ3) is 1.71. The van der Waals surface area contributed by atoms with E-state index in [1.165, 1.54) is 4.57 Å². The van der Waals surface area contributed by atoms with E-state index < -0.39 is 5.56 Å². The van der Waals surface area contributed by atoms with Crippen molar-refractivity contribution in [1.82, 2.24) is 4.57 Å². The largest absolute Gasteiger partial charge is 0.506 e. The van der Waals surface area contributed by atoms with Crippen LogP contribution in [-0.2, 0) is 6.54 Å². The second kappa shape index (κ2) is 4.41. The first kappa shape index (κ1) is 11.4. The molecular formula is C13H13NO3. The van der Waals surface area contributed by atoms with Crippen LogP contribution in [0.3, 0.4) is 0 Å². The van der Waals surface area contributed by atoms with Gasteiger partial charge in [-0.2, -0.15) is 0 Å². The highest BCUT2D eigenvalue weighted by molar-refractivity contribution is 5.93. The van der Waals surface area contributed by atoms with Crippen molar-refractivity contribution in [2.45, 2.75) is 19.9 Å². The van der Waals surface area contributed by atoms with Crippen LogP contribution in [0.2, 0.25) is 0 Å². The average molecular weight is 231 g/mol. The lowest BCUT2D eigenvalue weighted by Gasteiger charge is -2.11. The SMILES string of the molecule is CCCn1c(=O)c(C=O)c(O)c2ccccc21. The summed E-state index contributed by atoms with van der Waals surface area (Å²) in [7, 11) is 0. The number of aldehydes is 1. The van der Waals surface area contributed by atoms with Gasteiger partial charge < -0.3 is 9.67 Å². The molecule has 2 aromatic rings. The Morgan fingerprint density at radius 1 is 1.35 bits per heavy atom. The molecule has 1 N–H and O–H groups in total. The fraction of sp³-hybridized carbons (Fsp3) is 0.231. The summed E-state index contributed by atoms with van der Waals surface area (Å²) in [5.41, 5.74) is 0.0534. The van der Waals surface area contributed by atoms with Gasteiger partial charge in [-0.25, -0.2) is 0 Å². The number of aryl methyl sites for hydroxylation is 1. The molecule has 0 radical (unpaired) electrons. The van der Waals surface area contributed by atoms with Gasteiger partial charge in [-0.15, -0.1) is 0 Å². The standard InChI is InChI=1S/C13H13NO3/c1-2-7-14-11-6-4-3-5-9(11)12(16)10(8-15)13(14)17/h3-6,8,16H,2,7H2,1H3. The summed E-state index contributed by atoms with van der Waals surface area (Å²) in [6, 6.07) is 7.02. The van der Waals surface area contributed by atoms with Crippen LogP contribution in [0.4, 0.5) is 0 Å². The van der Waals surface area contributed by atoms with Crippen molar-refractivity contribution in [3.63, 3.8) is 0 Å². The number of hydrogen-bond donors (Lipinski definition) is 1.